The molecular weight excluding hydrogens is 463 g/mol. The summed E-state index contributed by atoms with van der Waals surface area (Å²) in [6.45, 7) is 6.17. The Morgan fingerprint density at radius 3 is 2.27 bits per heavy atom. The van der Waals surface area contributed by atoms with Crippen molar-refractivity contribution < 1.29 is 18.1 Å². The number of alkyl halides is 4. The van der Waals surface area contributed by atoms with E-state index in [0.717, 1.165) is 36.8 Å². The summed E-state index contributed by atoms with van der Waals surface area (Å²) in [5.74, 6) is 0. The third kappa shape index (κ3) is 6.83. The second-order valence-corrected chi connectivity index (χ2v) is 9.33. The molecule has 1 saturated heterocycles. The van der Waals surface area contributed by atoms with Crippen molar-refractivity contribution in [3.63, 3.8) is 0 Å². The minimum atomic E-state index is -4.76. The lowest BCUT2D eigenvalue weighted by Crippen LogP contribution is -2.40. The molecule has 0 spiro atoms. The van der Waals surface area contributed by atoms with Crippen molar-refractivity contribution >= 4 is 27.3 Å². The molecule has 30 heavy (non-hydrogen) atoms. The van der Waals surface area contributed by atoms with Crippen molar-refractivity contribution in [2.45, 2.75) is 70.5 Å². The number of nitro benzene ring substituents is 1. The van der Waals surface area contributed by atoms with Gasteiger partial charge in [0, 0.05) is 35.7 Å². The summed E-state index contributed by atoms with van der Waals surface area (Å²) in [4.78, 5) is 14.2. The first-order chi connectivity index (χ1) is 14.1. The molecule has 0 aromatic heterocycles. The van der Waals surface area contributed by atoms with E-state index in [1.165, 1.54) is 38.2 Å². The van der Waals surface area contributed by atoms with E-state index in [-0.39, 0.29) is 5.54 Å². The molecule has 0 aliphatic carbocycles. The molecule has 0 unspecified atom stereocenters. The second kappa shape index (κ2) is 10.8. The molecule has 9 heteroatoms. The Morgan fingerprint density at radius 2 is 1.70 bits per heavy atom. The monoisotopic (exact) mass is 493 g/mol. The fraction of sp³-hybridized carbons (Fsp3) is 0.714. The van der Waals surface area contributed by atoms with Crippen molar-refractivity contribution in [1.82, 2.24) is 4.90 Å². The number of nitrogens with zero attached hydrogens (tertiary/aromatic N) is 3. The van der Waals surface area contributed by atoms with Crippen LogP contribution in [0, 0.1) is 10.1 Å². The van der Waals surface area contributed by atoms with Crippen LogP contribution in [0.3, 0.4) is 0 Å². The predicted molar refractivity (Wildman–Crippen MR) is 117 cm³/mol. The lowest BCUT2D eigenvalue weighted by atomic mass is 10.0. The molecular formula is C21H31BrF3N3O2. The van der Waals surface area contributed by atoms with Gasteiger partial charge in [0.1, 0.15) is 5.56 Å². The van der Waals surface area contributed by atoms with Crippen LogP contribution in [0.5, 0.6) is 0 Å². The van der Waals surface area contributed by atoms with E-state index in [9.17, 15) is 23.3 Å². The summed E-state index contributed by atoms with van der Waals surface area (Å²) in [5, 5.41) is 12.0. The van der Waals surface area contributed by atoms with Gasteiger partial charge >= 0.3 is 6.18 Å². The van der Waals surface area contributed by atoms with Gasteiger partial charge < -0.3 is 4.90 Å². The summed E-state index contributed by atoms with van der Waals surface area (Å²) in [5.41, 5.74) is -1.90. The maximum absolute atomic E-state index is 13.3. The smallest absolute Gasteiger partial charge is 0.357 e. The summed E-state index contributed by atoms with van der Waals surface area (Å²) in [6, 6.07) is 3.29. The fourth-order valence-corrected chi connectivity index (χ4v) is 4.35. The Bertz CT molecular complexity index is 713. The highest BCUT2D eigenvalue weighted by Gasteiger charge is 2.41. The second-order valence-electron chi connectivity index (χ2n) is 8.54. The molecule has 1 heterocycles. The van der Waals surface area contributed by atoms with Crippen LogP contribution < -0.4 is 4.90 Å². The van der Waals surface area contributed by atoms with Crippen molar-refractivity contribution in [2.24, 2.45) is 0 Å². The molecule has 2 rings (SSSR count). The van der Waals surface area contributed by atoms with Gasteiger partial charge in [-0.3, -0.25) is 15.0 Å². The van der Waals surface area contributed by atoms with Gasteiger partial charge in [0.15, 0.2) is 0 Å². The first kappa shape index (κ1) is 24.9. The number of anilines is 1. The largest absolute Gasteiger partial charge is 0.423 e. The Morgan fingerprint density at radius 1 is 1.10 bits per heavy atom. The zero-order valence-corrected chi connectivity index (χ0v) is 19.3. The van der Waals surface area contributed by atoms with Gasteiger partial charge in [-0.1, -0.05) is 48.0 Å². The van der Waals surface area contributed by atoms with Crippen LogP contribution in [-0.4, -0.2) is 40.5 Å². The van der Waals surface area contributed by atoms with E-state index in [4.69, 9.17) is 0 Å². The van der Waals surface area contributed by atoms with Crippen LogP contribution in [-0.2, 0) is 6.18 Å². The SMILES string of the molecule is CC1(C)CN(c2ccc([N+](=O)[O-])c(C(F)(F)F)c2)CN1CCCCCCCCCBr. The fourth-order valence-electron chi connectivity index (χ4n) is 3.95. The molecule has 0 saturated carbocycles. The minimum Gasteiger partial charge on any atom is -0.357 e. The van der Waals surface area contributed by atoms with Crippen LogP contribution in [0.15, 0.2) is 18.2 Å². The highest BCUT2D eigenvalue weighted by atomic mass is 79.9. The average molecular weight is 494 g/mol. The third-order valence-electron chi connectivity index (χ3n) is 5.68. The number of unbranched alkanes of at least 4 members (excludes halogenated alkanes) is 6. The molecule has 0 bridgehead atoms. The first-order valence-electron chi connectivity index (χ1n) is 10.5. The molecule has 0 amide bonds. The number of hydrogen-bond acceptors (Lipinski definition) is 4. The number of benzene rings is 1. The van der Waals surface area contributed by atoms with Gasteiger partial charge in [0.2, 0.25) is 0 Å². The summed E-state index contributed by atoms with van der Waals surface area (Å²) in [7, 11) is 0. The standard InChI is InChI=1S/C21H31BrF3N3O2/c1-20(2)15-26(16-27(20)13-9-7-5-3-4-6-8-12-22)17-10-11-19(28(29)30)18(14-17)21(23,24)25/h10-11,14H,3-9,12-13,15-16H2,1-2H3. The predicted octanol–water partition coefficient (Wildman–Crippen LogP) is 6.60. The van der Waals surface area contributed by atoms with E-state index in [0.29, 0.717) is 18.9 Å². The van der Waals surface area contributed by atoms with Crippen molar-refractivity contribution in [2.75, 3.05) is 30.0 Å². The lowest BCUT2D eigenvalue weighted by molar-refractivity contribution is -0.388. The lowest BCUT2D eigenvalue weighted by Gasteiger charge is -2.29. The molecule has 5 nitrogen and oxygen atoms in total. The van der Waals surface area contributed by atoms with Crippen LogP contribution in [0.2, 0.25) is 0 Å². The van der Waals surface area contributed by atoms with Gasteiger partial charge in [0.05, 0.1) is 11.6 Å². The number of halogens is 4. The van der Waals surface area contributed by atoms with Crippen molar-refractivity contribution in [3.8, 4) is 0 Å². The zero-order chi connectivity index (χ0) is 22.4. The Balaban J connectivity index is 1.95. The van der Waals surface area contributed by atoms with Gasteiger partial charge in [-0.15, -0.1) is 0 Å². The van der Waals surface area contributed by atoms with Gasteiger partial charge in [-0.2, -0.15) is 13.2 Å². The highest BCUT2D eigenvalue weighted by Crippen LogP contribution is 2.39. The van der Waals surface area contributed by atoms with E-state index in [1.807, 2.05) is 4.90 Å². The van der Waals surface area contributed by atoms with Crippen molar-refractivity contribution in [1.29, 1.82) is 0 Å². The molecule has 1 aliphatic rings. The molecule has 1 fully saturated rings. The topological polar surface area (TPSA) is 49.6 Å². The Kier molecular flexibility index (Phi) is 8.97. The molecule has 1 aromatic carbocycles. The van der Waals surface area contributed by atoms with Gasteiger partial charge in [-0.05, 0) is 38.8 Å². The van der Waals surface area contributed by atoms with Crippen molar-refractivity contribution in [3.05, 3.63) is 33.9 Å². The molecule has 0 atom stereocenters. The maximum Gasteiger partial charge on any atom is 0.423 e. The maximum atomic E-state index is 13.3. The van der Waals surface area contributed by atoms with Crippen LogP contribution in [0.25, 0.3) is 0 Å². The molecule has 1 aliphatic heterocycles. The number of nitro groups is 1. The third-order valence-corrected chi connectivity index (χ3v) is 6.25. The molecule has 170 valence electrons. The van der Waals surface area contributed by atoms with Gasteiger partial charge in [0.25, 0.3) is 5.69 Å². The van der Waals surface area contributed by atoms with Crippen LogP contribution >= 0.6 is 15.9 Å². The number of rotatable bonds is 11. The first-order valence-corrected chi connectivity index (χ1v) is 11.6. The zero-order valence-electron chi connectivity index (χ0n) is 17.7. The van der Waals surface area contributed by atoms with Crippen LogP contribution in [0.4, 0.5) is 24.5 Å². The Hall–Kier alpha value is -1.35. The molecule has 1 aromatic rings. The normalized spacial score (nSPS) is 16.9. The van der Waals surface area contributed by atoms with E-state index < -0.39 is 22.4 Å². The average Bonchev–Trinajstić information content (AvgIpc) is 2.97. The minimum absolute atomic E-state index is 0.171. The van der Waals surface area contributed by atoms with Crippen LogP contribution in [0.1, 0.15) is 64.4 Å². The van der Waals surface area contributed by atoms with E-state index in [1.54, 1.807) is 0 Å². The summed E-state index contributed by atoms with van der Waals surface area (Å²) >= 11 is 3.44. The number of hydrogen-bond donors (Lipinski definition) is 0. The summed E-state index contributed by atoms with van der Waals surface area (Å²) in [6.07, 6.45) is 3.63. The quantitative estimate of drug-likeness (QED) is 0.151. The summed E-state index contributed by atoms with van der Waals surface area (Å²) < 4.78 is 39.9. The Labute approximate surface area is 184 Å². The van der Waals surface area contributed by atoms with E-state index in [2.05, 4.69) is 34.7 Å². The van der Waals surface area contributed by atoms with E-state index >= 15 is 0 Å². The van der Waals surface area contributed by atoms with Gasteiger partial charge in [-0.25, -0.2) is 0 Å². The molecule has 0 N–H and O–H groups in total. The highest BCUT2D eigenvalue weighted by molar-refractivity contribution is 9.09. The molecule has 0 radical (unpaired) electrons.